The summed E-state index contributed by atoms with van der Waals surface area (Å²) in [6.45, 7) is 9.46. The van der Waals surface area contributed by atoms with Crippen LogP contribution >= 0.6 is 0 Å². The highest BCUT2D eigenvalue weighted by Crippen LogP contribution is 2.56. The number of rotatable bonds is 6. The molecular weight excluding hydrogens is 749 g/mol. The third kappa shape index (κ3) is 5.29. The fraction of sp³-hybridized carbons (Fsp3) is 0.100. The van der Waals surface area contributed by atoms with Crippen molar-refractivity contribution in [2.45, 2.75) is 38.5 Å². The van der Waals surface area contributed by atoms with Crippen LogP contribution in [0.2, 0.25) is 0 Å². The number of nitrogens with zero attached hydrogens (tertiary/aromatic N) is 2. The molecule has 0 N–H and O–H groups in total. The van der Waals surface area contributed by atoms with E-state index in [1.165, 1.54) is 94.3 Å². The topological polar surface area (TPSA) is 8.17 Å². The largest absolute Gasteiger partial charge is 0.310 e. The van der Waals surface area contributed by atoms with Gasteiger partial charge in [0.05, 0.1) is 16.7 Å². The van der Waals surface area contributed by atoms with Gasteiger partial charge in [-0.15, -0.1) is 0 Å². The van der Waals surface area contributed by atoms with E-state index in [9.17, 15) is 0 Å². The molecule has 0 radical (unpaired) electrons. The van der Waals surface area contributed by atoms with Crippen LogP contribution in [-0.2, 0) is 10.8 Å². The average molecular weight is 795 g/mol. The minimum absolute atomic E-state index is 0.0741. The molecule has 0 bridgehead atoms. The summed E-state index contributed by atoms with van der Waals surface area (Å²) in [4.78, 5) is 2.50. The van der Waals surface area contributed by atoms with Gasteiger partial charge >= 0.3 is 0 Å². The molecule has 12 rings (SSSR count). The lowest BCUT2D eigenvalue weighted by atomic mass is 9.82. The maximum atomic E-state index is 2.50. The van der Waals surface area contributed by atoms with Crippen molar-refractivity contribution >= 4 is 38.9 Å². The Morgan fingerprint density at radius 2 is 0.871 bits per heavy atom. The van der Waals surface area contributed by atoms with E-state index in [4.69, 9.17) is 0 Å². The van der Waals surface area contributed by atoms with Gasteiger partial charge in [-0.3, -0.25) is 0 Å². The summed E-state index contributed by atoms with van der Waals surface area (Å²) in [5.74, 6) is 0. The molecule has 2 heteroatoms. The third-order valence-corrected chi connectivity index (χ3v) is 14.0. The van der Waals surface area contributed by atoms with Crippen molar-refractivity contribution < 1.29 is 0 Å². The molecule has 2 aliphatic rings. The minimum atomic E-state index is -0.130. The van der Waals surface area contributed by atoms with Crippen LogP contribution in [0.1, 0.15) is 49.9 Å². The Morgan fingerprint density at radius 3 is 1.61 bits per heavy atom. The maximum Gasteiger partial charge on any atom is 0.0547 e. The van der Waals surface area contributed by atoms with E-state index < -0.39 is 0 Å². The Hall–Kier alpha value is -7.42. The van der Waals surface area contributed by atoms with Crippen LogP contribution < -0.4 is 4.90 Å². The van der Waals surface area contributed by atoms with E-state index in [-0.39, 0.29) is 10.8 Å². The summed E-state index contributed by atoms with van der Waals surface area (Å²) in [7, 11) is 0. The van der Waals surface area contributed by atoms with E-state index in [0.717, 1.165) is 17.1 Å². The summed E-state index contributed by atoms with van der Waals surface area (Å²) in [5, 5.41) is 2.51. The molecule has 2 nitrogen and oxygen atoms in total. The second kappa shape index (κ2) is 13.5. The molecule has 0 atom stereocenters. The van der Waals surface area contributed by atoms with Crippen molar-refractivity contribution in [3.8, 4) is 50.2 Å². The van der Waals surface area contributed by atoms with Gasteiger partial charge in [0.1, 0.15) is 0 Å². The highest BCUT2D eigenvalue weighted by atomic mass is 15.1. The lowest BCUT2D eigenvalue weighted by Gasteiger charge is -2.29. The van der Waals surface area contributed by atoms with Crippen molar-refractivity contribution in [3.05, 3.63) is 229 Å². The van der Waals surface area contributed by atoms with Crippen LogP contribution in [0, 0.1) is 0 Å². The van der Waals surface area contributed by atoms with Crippen molar-refractivity contribution in [1.29, 1.82) is 0 Å². The van der Waals surface area contributed by atoms with Gasteiger partial charge in [-0.25, -0.2) is 0 Å². The molecule has 0 amide bonds. The highest BCUT2D eigenvalue weighted by molar-refractivity contribution is 6.10. The monoisotopic (exact) mass is 794 g/mol. The van der Waals surface area contributed by atoms with E-state index >= 15 is 0 Å². The van der Waals surface area contributed by atoms with Crippen LogP contribution in [0.5, 0.6) is 0 Å². The van der Waals surface area contributed by atoms with Gasteiger partial charge < -0.3 is 9.47 Å². The summed E-state index contributed by atoms with van der Waals surface area (Å²) >= 11 is 0. The predicted molar refractivity (Wildman–Crippen MR) is 261 cm³/mol. The van der Waals surface area contributed by atoms with Crippen LogP contribution in [0.15, 0.2) is 206 Å². The van der Waals surface area contributed by atoms with Crippen molar-refractivity contribution in [1.82, 2.24) is 4.57 Å². The number of para-hydroxylation sites is 2. The second-order valence-corrected chi connectivity index (χ2v) is 18.1. The van der Waals surface area contributed by atoms with Gasteiger partial charge in [-0.05, 0) is 116 Å². The maximum absolute atomic E-state index is 2.50. The standard InChI is InChI=1S/C60H46N2/c1-59(2)50-28-11-8-25-48(50)57-45(27-16-30-52(57)59)41-19-15-23-44(37-41)61(55-33-17-31-53-58(55)49-26-9-12-29-51(49)60(53,3)4)43-22-14-18-39(36-43)40-34-35-47-46-24-10-13-32-54(46)62(56(47)38-40)42-20-6-5-7-21-42/h5-38H,1-4H3. The van der Waals surface area contributed by atoms with Gasteiger partial charge in [0.15, 0.2) is 0 Å². The Kier molecular flexibility index (Phi) is 7.96. The average Bonchev–Trinajstić information content (AvgIpc) is 3.86. The van der Waals surface area contributed by atoms with Gasteiger partial charge in [0, 0.05) is 44.2 Å². The number of anilines is 3. The number of benzene rings is 9. The zero-order valence-corrected chi connectivity index (χ0v) is 35.5. The molecule has 0 aliphatic heterocycles. The Balaban J connectivity index is 1.07. The van der Waals surface area contributed by atoms with Gasteiger partial charge in [0.25, 0.3) is 0 Å². The summed E-state index contributed by atoms with van der Waals surface area (Å²) in [5.41, 5.74) is 22.4. The van der Waals surface area contributed by atoms with Crippen LogP contribution in [-0.4, -0.2) is 4.57 Å². The number of aromatic nitrogens is 1. The first-order chi connectivity index (χ1) is 30.3. The summed E-state index contributed by atoms with van der Waals surface area (Å²) in [6.07, 6.45) is 0. The molecule has 0 unspecified atom stereocenters. The van der Waals surface area contributed by atoms with Crippen molar-refractivity contribution in [2.24, 2.45) is 0 Å². The number of hydrogen-bond donors (Lipinski definition) is 0. The molecule has 1 aromatic heterocycles. The third-order valence-electron chi connectivity index (χ3n) is 14.0. The zero-order valence-electron chi connectivity index (χ0n) is 35.5. The van der Waals surface area contributed by atoms with Gasteiger partial charge in [-0.1, -0.05) is 179 Å². The summed E-state index contributed by atoms with van der Waals surface area (Å²) < 4.78 is 2.40. The first kappa shape index (κ1) is 36.4. The molecule has 0 fully saturated rings. The number of fused-ring (bicyclic) bond motifs is 9. The second-order valence-electron chi connectivity index (χ2n) is 18.1. The Bertz CT molecular complexity index is 3420. The van der Waals surface area contributed by atoms with Gasteiger partial charge in [0.2, 0.25) is 0 Å². The molecule has 0 spiro atoms. The van der Waals surface area contributed by atoms with Crippen LogP contribution in [0.4, 0.5) is 17.1 Å². The molecule has 9 aromatic carbocycles. The van der Waals surface area contributed by atoms with Crippen LogP contribution in [0.3, 0.4) is 0 Å². The first-order valence-corrected chi connectivity index (χ1v) is 21.9. The molecule has 62 heavy (non-hydrogen) atoms. The summed E-state index contributed by atoms with van der Waals surface area (Å²) in [6, 6.07) is 76.6. The smallest absolute Gasteiger partial charge is 0.0547 e. The van der Waals surface area contributed by atoms with E-state index in [1.807, 2.05) is 0 Å². The van der Waals surface area contributed by atoms with Crippen LogP contribution in [0.25, 0.3) is 72.0 Å². The van der Waals surface area contributed by atoms with Crippen molar-refractivity contribution in [3.63, 3.8) is 0 Å². The van der Waals surface area contributed by atoms with E-state index in [2.05, 4.69) is 243 Å². The predicted octanol–water partition coefficient (Wildman–Crippen LogP) is 16.2. The quantitative estimate of drug-likeness (QED) is 0.163. The fourth-order valence-electron chi connectivity index (χ4n) is 11.0. The highest BCUT2D eigenvalue weighted by Gasteiger charge is 2.39. The molecule has 0 saturated carbocycles. The molecule has 1 heterocycles. The zero-order chi connectivity index (χ0) is 41.7. The normalized spacial score (nSPS) is 14.1. The van der Waals surface area contributed by atoms with E-state index in [0.29, 0.717) is 0 Å². The molecule has 10 aromatic rings. The van der Waals surface area contributed by atoms with E-state index in [1.54, 1.807) is 0 Å². The molecular formula is C60H46N2. The Labute approximate surface area is 364 Å². The minimum Gasteiger partial charge on any atom is -0.310 e. The lowest BCUT2D eigenvalue weighted by Crippen LogP contribution is -2.16. The molecule has 0 saturated heterocycles. The number of hydrogen-bond acceptors (Lipinski definition) is 1. The lowest BCUT2D eigenvalue weighted by molar-refractivity contribution is 0.660. The van der Waals surface area contributed by atoms with Crippen molar-refractivity contribution in [2.75, 3.05) is 4.90 Å². The first-order valence-electron chi connectivity index (χ1n) is 21.9. The molecule has 296 valence electrons. The fourth-order valence-corrected chi connectivity index (χ4v) is 11.0. The Morgan fingerprint density at radius 1 is 0.355 bits per heavy atom. The SMILES string of the molecule is CC1(C)c2ccccc2-c2c(-c3cccc(N(c4cccc(-c5ccc6c7ccccc7n(-c7ccccc7)c6c5)c4)c4cccc5c4-c4ccccc4C5(C)C)c3)cccc21. The molecule has 2 aliphatic carbocycles. The van der Waals surface area contributed by atoms with Gasteiger partial charge in [-0.2, -0.15) is 0 Å².